The van der Waals surface area contributed by atoms with E-state index in [1.807, 2.05) is 35.2 Å². The maximum atomic E-state index is 11.9. The molecule has 0 bridgehead atoms. The summed E-state index contributed by atoms with van der Waals surface area (Å²) in [5.74, 6) is 4.53. The van der Waals surface area contributed by atoms with Gasteiger partial charge >= 0.3 is 0 Å². The van der Waals surface area contributed by atoms with Gasteiger partial charge in [-0.25, -0.2) is 5.84 Å². The molecule has 6 heteroatoms. The third kappa shape index (κ3) is 3.30. The molecule has 0 saturated carbocycles. The van der Waals surface area contributed by atoms with Crippen molar-refractivity contribution in [3.05, 3.63) is 35.9 Å². The Bertz CT molecular complexity index is 416. The monoisotopic (exact) mass is 265 g/mol. The van der Waals surface area contributed by atoms with Crippen molar-refractivity contribution >= 4 is 5.91 Å². The number of carbonyl (C=O) groups excluding carboxylic acids is 1. The summed E-state index contributed by atoms with van der Waals surface area (Å²) in [6.07, 6.45) is -1.50. The lowest BCUT2D eigenvalue weighted by Crippen LogP contribution is -2.40. The van der Waals surface area contributed by atoms with Gasteiger partial charge in [-0.15, -0.1) is 0 Å². The van der Waals surface area contributed by atoms with Gasteiger partial charge < -0.3 is 10.2 Å². The van der Waals surface area contributed by atoms with Crippen molar-refractivity contribution < 1.29 is 15.0 Å². The van der Waals surface area contributed by atoms with Crippen molar-refractivity contribution in [1.82, 2.24) is 10.3 Å². The second kappa shape index (κ2) is 6.12. The van der Waals surface area contributed by atoms with Crippen molar-refractivity contribution in [2.45, 2.75) is 18.1 Å². The van der Waals surface area contributed by atoms with Crippen LogP contribution in [-0.4, -0.2) is 52.9 Å². The molecule has 0 radical (unpaired) electrons. The highest BCUT2D eigenvalue weighted by atomic mass is 16.3. The van der Waals surface area contributed by atoms with Gasteiger partial charge in [-0.1, -0.05) is 30.3 Å². The van der Waals surface area contributed by atoms with E-state index < -0.39 is 18.1 Å². The van der Waals surface area contributed by atoms with Crippen molar-refractivity contribution in [2.24, 2.45) is 5.84 Å². The minimum Gasteiger partial charge on any atom is -0.389 e. The van der Waals surface area contributed by atoms with Crippen molar-refractivity contribution in [3.8, 4) is 0 Å². The van der Waals surface area contributed by atoms with Crippen LogP contribution in [0.4, 0.5) is 0 Å². The highest BCUT2D eigenvalue weighted by Crippen LogP contribution is 2.20. The van der Waals surface area contributed by atoms with Crippen LogP contribution in [0.25, 0.3) is 0 Å². The topological polar surface area (TPSA) is 98.8 Å². The predicted molar refractivity (Wildman–Crippen MR) is 70.0 cm³/mol. The van der Waals surface area contributed by atoms with Crippen molar-refractivity contribution in [1.29, 1.82) is 0 Å². The Morgan fingerprint density at radius 3 is 2.42 bits per heavy atom. The number of hydrogen-bond acceptors (Lipinski definition) is 5. The minimum atomic E-state index is -0.752. The Hall–Kier alpha value is -1.47. The molecule has 3 unspecified atom stereocenters. The number of nitrogens with two attached hydrogens (primary N) is 1. The van der Waals surface area contributed by atoms with Gasteiger partial charge in [-0.05, 0) is 5.56 Å². The van der Waals surface area contributed by atoms with Gasteiger partial charge in [0.2, 0.25) is 5.91 Å². The SMILES string of the molecule is NNC(=O)C(CN1CC(O)C(O)C1)c1ccccc1. The molecule has 1 saturated heterocycles. The van der Waals surface area contributed by atoms with Crippen LogP contribution in [0.2, 0.25) is 0 Å². The van der Waals surface area contributed by atoms with Crippen molar-refractivity contribution in [2.75, 3.05) is 19.6 Å². The zero-order valence-electron chi connectivity index (χ0n) is 10.6. The Kier molecular flexibility index (Phi) is 4.49. The molecule has 0 aromatic heterocycles. The summed E-state index contributed by atoms with van der Waals surface area (Å²) >= 11 is 0. The zero-order valence-corrected chi connectivity index (χ0v) is 10.6. The molecule has 1 aromatic carbocycles. The summed E-state index contributed by atoms with van der Waals surface area (Å²) in [5, 5.41) is 19.1. The van der Waals surface area contributed by atoms with Crippen LogP contribution < -0.4 is 11.3 Å². The molecular weight excluding hydrogens is 246 g/mol. The van der Waals surface area contributed by atoms with Gasteiger partial charge in [0, 0.05) is 19.6 Å². The highest BCUT2D eigenvalue weighted by Gasteiger charge is 2.32. The average molecular weight is 265 g/mol. The van der Waals surface area contributed by atoms with Gasteiger partial charge in [-0.2, -0.15) is 0 Å². The Morgan fingerprint density at radius 1 is 1.32 bits per heavy atom. The number of carbonyl (C=O) groups is 1. The molecule has 3 atom stereocenters. The molecule has 0 aliphatic carbocycles. The fourth-order valence-corrected chi connectivity index (χ4v) is 2.38. The normalized spacial score (nSPS) is 25.2. The lowest BCUT2D eigenvalue weighted by Gasteiger charge is -2.22. The fourth-order valence-electron chi connectivity index (χ4n) is 2.38. The van der Waals surface area contributed by atoms with E-state index in [4.69, 9.17) is 5.84 Å². The largest absolute Gasteiger partial charge is 0.389 e. The third-order valence-corrected chi connectivity index (χ3v) is 3.44. The van der Waals surface area contributed by atoms with E-state index in [0.29, 0.717) is 19.6 Å². The molecule has 6 nitrogen and oxygen atoms in total. The van der Waals surface area contributed by atoms with Crippen LogP contribution >= 0.6 is 0 Å². The van der Waals surface area contributed by atoms with Crippen LogP contribution in [-0.2, 0) is 4.79 Å². The van der Waals surface area contributed by atoms with Gasteiger partial charge in [0.15, 0.2) is 0 Å². The number of amides is 1. The van der Waals surface area contributed by atoms with Crippen LogP contribution in [0.15, 0.2) is 30.3 Å². The highest BCUT2D eigenvalue weighted by molar-refractivity contribution is 5.83. The molecule has 2 rings (SSSR count). The first-order valence-corrected chi connectivity index (χ1v) is 6.25. The number of β-amino-alcohol motifs (C(OH)–C–C–N with tert-alkyl or cyclic N) is 2. The molecule has 1 heterocycles. The van der Waals surface area contributed by atoms with E-state index in [-0.39, 0.29) is 5.91 Å². The van der Waals surface area contributed by atoms with Gasteiger partial charge in [0.25, 0.3) is 0 Å². The summed E-state index contributed by atoms with van der Waals surface area (Å²) in [4.78, 5) is 13.7. The summed E-state index contributed by atoms with van der Waals surface area (Å²) in [6, 6.07) is 9.33. The summed E-state index contributed by atoms with van der Waals surface area (Å²) in [5.41, 5.74) is 3.03. The zero-order chi connectivity index (χ0) is 13.8. The van der Waals surface area contributed by atoms with Crippen LogP contribution in [0.3, 0.4) is 0 Å². The van der Waals surface area contributed by atoms with Crippen LogP contribution in [0.5, 0.6) is 0 Å². The number of hydrazine groups is 1. The molecule has 1 aromatic rings. The Balaban J connectivity index is 2.09. The minimum absolute atomic E-state index is 0.276. The molecule has 1 aliphatic heterocycles. The molecule has 104 valence electrons. The molecule has 5 N–H and O–H groups in total. The van der Waals surface area contributed by atoms with Gasteiger partial charge in [0.05, 0.1) is 18.1 Å². The van der Waals surface area contributed by atoms with Gasteiger partial charge in [-0.3, -0.25) is 15.1 Å². The van der Waals surface area contributed by atoms with Crippen molar-refractivity contribution in [3.63, 3.8) is 0 Å². The summed E-state index contributed by atoms with van der Waals surface area (Å²) in [6.45, 7) is 1.14. The van der Waals surface area contributed by atoms with Crippen LogP contribution in [0.1, 0.15) is 11.5 Å². The van der Waals surface area contributed by atoms with E-state index in [2.05, 4.69) is 5.43 Å². The number of likely N-dealkylation sites (tertiary alicyclic amines) is 1. The molecule has 19 heavy (non-hydrogen) atoms. The molecular formula is C13H19N3O3. The molecule has 0 spiro atoms. The Morgan fingerprint density at radius 2 is 1.89 bits per heavy atom. The van der Waals surface area contributed by atoms with Crippen LogP contribution in [0, 0.1) is 0 Å². The maximum Gasteiger partial charge on any atom is 0.242 e. The van der Waals surface area contributed by atoms with E-state index >= 15 is 0 Å². The first-order chi connectivity index (χ1) is 9.11. The number of aliphatic hydroxyl groups is 2. The number of rotatable bonds is 4. The molecule has 1 aliphatic rings. The molecule has 1 amide bonds. The third-order valence-electron chi connectivity index (χ3n) is 3.44. The molecule has 1 fully saturated rings. The second-order valence-electron chi connectivity index (χ2n) is 4.83. The number of hydrogen-bond donors (Lipinski definition) is 4. The first-order valence-electron chi connectivity index (χ1n) is 6.25. The number of nitrogens with zero attached hydrogens (tertiary/aromatic N) is 1. The predicted octanol–water partition coefficient (Wildman–Crippen LogP) is -1.20. The number of aliphatic hydroxyl groups excluding tert-OH is 2. The smallest absolute Gasteiger partial charge is 0.242 e. The standard InChI is InChI=1S/C13H19N3O3/c14-15-13(19)10(9-4-2-1-3-5-9)6-16-7-11(17)12(18)8-16/h1-5,10-12,17-18H,6-8,14H2,(H,15,19). The lowest BCUT2D eigenvalue weighted by molar-refractivity contribution is -0.123. The average Bonchev–Trinajstić information content (AvgIpc) is 2.75. The quantitative estimate of drug-likeness (QED) is 0.311. The first kappa shape index (κ1) is 14.0. The maximum absolute atomic E-state index is 11.9. The number of nitrogens with one attached hydrogen (secondary N) is 1. The van der Waals surface area contributed by atoms with E-state index in [0.717, 1.165) is 5.56 Å². The second-order valence-corrected chi connectivity index (χ2v) is 4.83. The van der Waals surface area contributed by atoms with E-state index in [1.165, 1.54) is 0 Å². The summed E-state index contributed by atoms with van der Waals surface area (Å²) in [7, 11) is 0. The van der Waals surface area contributed by atoms with E-state index in [9.17, 15) is 15.0 Å². The Labute approximate surface area is 111 Å². The summed E-state index contributed by atoms with van der Waals surface area (Å²) < 4.78 is 0. The lowest BCUT2D eigenvalue weighted by atomic mass is 9.98. The number of benzene rings is 1. The fraction of sp³-hybridized carbons (Fsp3) is 0.462. The van der Waals surface area contributed by atoms with E-state index in [1.54, 1.807) is 0 Å². The van der Waals surface area contributed by atoms with Gasteiger partial charge in [0.1, 0.15) is 0 Å².